The van der Waals surface area contributed by atoms with Crippen molar-refractivity contribution in [3.63, 3.8) is 0 Å². The first-order chi connectivity index (χ1) is 9.29. The van der Waals surface area contributed by atoms with Crippen LogP contribution in [0.15, 0.2) is 52.3 Å². The lowest BCUT2D eigenvalue weighted by Crippen LogP contribution is -2.08. The Balaban J connectivity index is 2.08. The van der Waals surface area contributed by atoms with Gasteiger partial charge in [-0.3, -0.25) is 0 Å². The molecule has 0 saturated heterocycles. The summed E-state index contributed by atoms with van der Waals surface area (Å²) < 4.78 is 0. The molecule has 0 bridgehead atoms. The molecule has 0 N–H and O–H groups in total. The van der Waals surface area contributed by atoms with Crippen molar-refractivity contribution in [3.05, 3.63) is 58.6 Å². The highest BCUT2D eigenvalue weighted by atomic mass is 35.5. The first-order valence-electron chi connectivity index (χ1n) is 6.42. The summed E-state index contributed by atoms with van der Waals surface area (Å²) in [5.74, 6) is 1.13. The second kappa shape index (κ2) is 5.78. The molecule has 2 aromatic rings. The van der Waals surface area contributed by atoms with Crippen LogP contribution in [0.4, 0.5) is 0 Å². The third kappa shape index (κ3) is 2.65. The van der Waals surface area contributed by atoms with E-state index in [2.05, 4.69) is 36.4 Å². The van der Waals surface area contributed by atoms with Crippen molar-refractivity contribution in [2.45, 2.75) is 28.6 Å². The molecule has 1 aliphatic heterocycles. The van der Waals surface area contributed by atoms with Crippen LogP contribution >= 0.6 is 35.0 Å². The van der Waals surface area contributed by atoms with Gasteiger partial charge in [0.05, 0.1) is 0 Å². The SMILES string of the molecule is ClCCC[C@@H]1c2ccccc2Sc2ccc(Cl)cc21. The zero-order valence-corrected chi connectivity index (χ0v) is 12.7. The van der Waals surface area contributed by atoms with Gasteiger partial charge in [-0.2, -0.15) is 0 Å². The first-order valence-corrected chi connectivity index (χ1v) is 8.14. The Morgan fingerprint density at radius 2 is 1.79 bits per heavy atom. The number of hydrogen-bond acceptors (Lipinski definition) is 1. The maximum Gasteiger partial charge on any atom is 0.0409 e. The van der Waals surface area contributed by atoms with Crippen molar-refractivity contribution >= 4 is 35.0 Å². The van der Waals surface area contributed by atoms with E-state index >= 15 is 0 Å². The highest BCUT2D eigenvalue weighted by Gasteiger charge is 2.25. The van der Waals surface area contributed by atoms with Crippen molar-refractivity contribution in [1.29, 1.82) is 0 Å². The molecular weight excluding hydrogens is 295 g/mol. The third-order valence-corrected chi connectivity index (χ3v) is 5.17. The summed E-state index contributed by atoms with van der Waals surface area (Å²) in [6.07, 6.45) is 2.10. The molecule has 0 amide bonds. The quantitative estimate of drug-likeness (QED) is 0.631. The zero-order valence-electron chi connectivity index (χ0n) is 10.4. The summed E-state index contributed by atoms with van der Waals surface area (Å²) in [7, 11) is 0. The predicted octanol–water partition coefficient (Wildman–Crippen LogP) is 5.96. The monoisotopic (exact) mass is 308 g/mol. The number of hydrogen-bond donors (Lipinski definition) is 0. The molecule has 0 unspecified atom stereocenters. The minimum Gasteiger partial charge on any atom is -0.127 e. The highest BCUT2D eigenvalue weighted by molar-refractivity contribution is 7.99. The van der Waals surface area contributed by atoms with Gasteiger partial charge < -0.3 is 0 Å². The maximum absolute atomic E-state index is 6.17. The minimum atomic E-state index is 0.421. The lowest BCUT2D eigenvalue weighted by molar-refractivity contribution is 0.676. The molecular formula is C16H14Cl2S. The van der Waals surface area contributed by atoms with Crippen LogP contribution in [0, 0.1) is 0 Å². The summed E-state index contributed by atoms with van der Waals surface area (Å²) >= 11 is 13.9. The van der Waals surface area contributed by atoms with Crippen LogP contribution < -0.4 is 0 Å². The second-order valence-electron chi connectivity index (χ2n) is 4.71. The lowest BCUT2D eigenvalue weighted by Gasteiger charge is -2.28. The van der Waals surface area contributed by atoms with Crippen molar-refractivity contribution in [1.82, 2.24) is 0 Å². The van der Waals surface area contributed by atoms with Crippen LogP contribution in [0.1, 0.15) is 29.9 Å². The molecule has 0 saturated carbocycles. The predicted molar refractivity (Wildman–Crippen MR) is 83.8 cm³/mol. The zero-order chi connectivity index (χ0) is 13.2. The molecule has 0 nitrogen and oxygen atoms in total. The van der Waals surface area contributed by atoms with Crippen molar-refractivity contribution in [2.75, 3.05) is 5.88 Å². The van der Waals surface area contributed by atoms with Gasteiger partial charge in [0.15, 0.2) is 0 Å². The number of alkyl halides is 1. The second-order valence-corrected chi connectivity index (χ2v) is 6.60. The topological polar surface area (TPSA) is 0 Å². The van der Waals surface area contributed by atoms with E-state index in [0.717, 1.165) is 17.9 Å². The fraction of sp³-hybridized carbons (Fsp3) is 0.250. The Morgan fingerprint density at radius 1 is 1.00 bits per heavy atom. The first kappa shape index (κ1) is 13.4. The summed E-state index contributed by atoms with van der Waals surface area (Å²) in [6.45, 7) is 0. The van der Waals surface area contributed by atoms with Gasteiger partial charge >= 0.3 is 0 Å². The molecule has 3 heteroatoms. The van der Waals surface area contributed by atoms with Gasteiger partial charge in [-0.1, -0.05) is 41.6 Å². The maximum atomic E-state index is 6.17. The Kier molecular flexibility index (Phi) is 4.07. The molecule has 0 radical (unpaired) electrons. The molecule has 1 aliphatic rings. The van der Waals surface area contributed by atoms with Crippen LogP contribution in [0.5, 0.6) is 0 Å². The van der Waals surface area contributed by atoms with E-state index in [0.29, 0.717) is 11.8 Å². The lowest BCUT2D eigenvalue weighted by atomic mass is 9.87. The Labute approximate surface area is 128 Å². The van der Waals surface area contributed by atoms with Gasteiger partial charge in [0, 0.05) is 26.6 Å². The van der Waals surface area contributed by atoms with E-state index in [1.165, 1.54) is 20.9 Å². The molecule has 19 heavy (non-hydrogen) atoms. The number of benzene rings is 2. The fourth-order valence-electron chi connectivity index (χ4n) is 2.62. The van der Waals surface area contributed by atoms with Gasteiger partial charge in [-0.05, 0) is 48.2 Å². The molecule has 2 aromatic carbocycles. The van der Waals surface area contributed by atoms with Gasteiger partial charge in [-0.25, -0.2) is 0 Å². The summed E-state index contributed by atoms with van der Waals surface area (Å²) in [4.78, 5) is 2.68. The molecule has 0 aliphatic carbocycles. The smallest absolute Gasteiger partial charge is 0.0409 e. The van der Waals surface area contributed by atoms with E-state index in [4.69, 9.17) is 23.2 Å². The summed E-state index contributed by atoms with van der Waals surface area (Å²) in [5.41, 5.74) is 2.76. The Morgan fingerprint density at radius 3 is 2.63 bits per heavy atom. The molecule has 98 valence electrons. The van der Waals surface area contributed by atoms with Crippen LogP contribution in [0.3, 0.4) is 0 Å². The molecule has 1 atom stereocenters. The van der Waals surface area contributed by atoms with E-state index in [1.807, 2.05) is 17.8 Å². The van der Waals surface area contributed by atoms with E-state index < -0.39 is 0 Å². The van der Waals surface area contributed by atoms with E-state index in [9.17, 15) is 0 Å². The number of halogens is 2. The van der Waals surface area contributed by atoms with Crippen LogP contribution in [0.25, 0.3) is 0 Å². The van der Waals surface area contributed by atoms with Crippen LogP contribution in [0.2, 0.25) is 5.02 Å². The average Bonchev–Trinajstić information content (AvgIpc) is 2.44. The van der Waals surface area contributed by atoms with Gasteiger partial charge in [-0.15, -0.1) is 11.6 Å². The molecule has 0 spiro atoms. The molecule has 1 heterocycles. The molecule has 0 fully saturated rings. The Hall–Kier alpha value is -0.630. The third-order valence-electron chi connectivity index (χ3n) is 3.49. The van der Waals surface area contributed by atoms with Crippen LogP contribution in [-0.2, 0) is 0 Å². The average molecular weight is 309 g/mol. The minimum absolute atomic E-state index is 0.421. The summed E-state index contributed by atoms with van der Waals surface area (Å²) in [6, 6.07) is 14.9. The number of fused-ring (bicyclic) bond motifs is 2. The van der Waals surface area contributed by atoms with Crippen molar-refractivity contribution < 1.29 is 0 Å². The van der Waals surface area contributed by atoms with Gasteiger partial charge in [0.2, 0.25) is 0 Å². The highest BCUT2D eigenvalue weighted by Crippen LogP contribution is 2.48. The summed E-state index contributed by atoms with van der Waals surface area (Å²) in [5, 5.41) is 0.814. The van der Waals surface area contributed by atoms with Crippen LogP contribution in [-0.4, -0.2) is 5.88 Å². The largest absolute Gasteiger partial charge is 0.127 e. The van der Waals surface area contributed by atoms with E-state index in [-0.39, 0.29) is 0 Å². The molecule has 3 rings (SSSR count). The molecule has 0 aromatic heterocycles. The number of rotatable bonds is 3. The van der Waals surface area contributed by atoms with E-state index in [1.54, 1.807) is 0 Å². The standard InChI is InChI=1S/C16H14Cl2S/c17-9-3-5-12-13-4-1-2-6-15(13)19-16-8-7-11(18)10-14(12)16/h1-2,4,6-8,10,12H,3,5,9H2/t12-/m1/s1. The van der Waals surface area contributed by atoms with Gasteiger partial charge in [0.25, 0.3) is 0 Å². The van der Waals surface area contributed by atoms with Crippen molar-refractivity contribution in [2.24, 2.45) is 0 Å². The van der Waals surface area contributed by atoms with Gasteiger partial charge in [0.1, 0.15) is 0 Å². The normalized spacial score (nSPS) is 16.8. The van der Waals surface area contributed by atoms with Crippen molar-refractivity contribution in [3.8, 4) is 0 Å². The fourth-order valence-corrected chi connectivity index (χ4v) is 4.13. The Bertz CT molecular complexity index is 595.